The molecule has 8 atom stereocenters. The van der Waals surface area contributed by atoms with Gasteiger partial charge in [-0.2, -0.15) is 0 Å². The van der Waals surface area contributed by atoms with Crippen molar-refractivity contribution in [1.29, 1.82) is 0 Å². The first-order valence-corrected chi connectivity index (χ1v) is 13.3. The Morgan fingerprint density at radius 2 is 1.67 bits per heavy atom. The van der Waals surface area contributed by atoms with Crippen molar-refractivity contribution in [3.05, 3.63) is 53.3 Å². The zero-order valence-electron chi connectivity index (χ0n) is 23.1. The smallest absolute Gasteiger partial charge is 0.417 e. The van der Waals surface area contributed by atoms with E-state index in [9.17, 15) is 48.5 Å². The van der Waals surface area contributed by atoms with E-state index in [0.717, 1.165) is 12.1 Å². The molecule has 5 rings (SSSR count). The molecule has 0 spiro atoms. The summed E-state index contributed by atoms with van der Waals surface area (Å²) < 4.78 is 18.2. The molecule has 6 N–H and O–H groups in total. The van der Waals surface area contributed by atoms with E-state index in [1.165, 1.54) is 43.3 Å². The summed E-state index contributed by atoms with van der Waals surface area (Å²) in [5, 5.41) is 36.6. The van der Waals surface area contributed by atoms with Crippen LogP contribution in [0.1, 0.15) is 28.8 Å². The van der Waals surface area contributed by atoms with Gasteiger partial charge >= 0.3 is 6.09 Å². The van der Waals surface area contributed by atoms with Gasteiger partial charge in [0.1, 0.15) is 17.3 Å². The number of likely N-dealkylation sites (N-methyl/N-ethyl adjacent to an activating group) is 1. The minimum Gasteiger partial charge on any atom is -0.505 e. The van der Waals surface area contributed by atoms with Gasteiger partial charge < -0.3 is 25.8 Å². The SMILES string of the molecule is C[C@@H]1c2ccc(NC(=O)Oc3ccc(F)cc3)c(O)c2C(=O)C2C(=O)[C@@]3(O)C(=O)C(C(N)=O)C(=O)[C@H](N(C)C)[C@H]3[C@H](O)[C@H]21. The zero-order valence-corrected chi connectivity index (χ0v) is 23.1. The molecule has 0 saturated heterocycles. The normalized spacial score (nSPS) is 31.7. The van der Waals surface area contributed by atoms with Gasteiger partial charge in [0.05, 0.1) is 35.2 Å². The van der Waals surface area contributed by atoms with Gasteiger partial charge in [0.2, 0.25) is 5.91 Å². The average Bonchev–Trinajstić information content (AvgIpc) is 2.93. The van der Waals surface area contributed by atoms with Gasteiger partial charge in [-0.05, 0) is 55.9 Å². The predicted molar refractivity (Wildman–Crippen MR) is 144 cm³/mol. The first-order valence-electron chi connectivity index (χ1n) is 13.3. The van der Waals surface area contributed by atoms with Crippen LogP contribution in [0.2, 0.25) is 0 Å². The third-order valence-corrected chi connectivity index (χ3v) is 8.75. The Kier molecular flexibility index (Phi) is 7.19. The summed E-state index contributed by atoms with van der Waals surface area (Å²) >= 11 is 0. The van der Waals surface area contributed by atoms with Crippen LogP contribution in [0.15, 0.2) is 36.4 Å². The van der Waals surface area contributed by atoms with Crippen LogP contribution >= 0.6 is 0 Å². The number of hydrogen-bond donors (Lipinski definition) is 5. The number of carbonyl (C=O) groups excluding carboxylic acids is 6. The van der Waals surface area contributed by atoms with Crippen LogP contribution in [0.25, 0.3) is 0 Å². The van der Waals surface area contributed by atoms with Crippen LogP contribution in [0.4, 0.5) is 14.9 Å². The number of carbonyl (C=O) groups is 6. The summed E-state index contributed by atoms with van der Waals surface area (Å²) in [6.07, 6.45) is -2.86. The number of benzene rings is 2. The summed E-state index contributed by atoms with van der Waals surface area (Å²) in [6.45, 7) is 1.56. The van der Waals surface area contributed by atoms with E-state index in [0.29, 0.717) is 0 Å². The highest BCUT2D eigenvalue weighted by atomic mass is 19.1. The van der Waals surface area contributed by atoms with Gasteiger partial charge in [0.25, 0.3) is 0 Å². The number of nitrogens with two attached hydrogens (primary N) is 1. The highest BCUT2D eigenvalue weighted by Crippen LogP contribution is 2.55. The number of anilines is 1. The van der Waals surface area contributed by atoms with Crippen LogP contribution in [0.5, 0.6) is 11.5 Å². The monoisotopic (exact) mass is 597 g/mol. The lowest BCUT2D eigenvalue weighted by Crippen LogP contribution is -2.77. The lowest BCUT2D eigenvalue weighted by molar-refractivity contribution is -0.196. The molecule has 2 aromatic carbocycles. The number of aliphatic hydroxyl groups is 2. The molecule has 2 saturated carbocycles. The van der Waals surface area contributed by atoms with E-state index in [1.807, 2.05) is 0 Å². The summed E-state index contributed by atoms with van der Waals surface area (Å²) in [5.74, 6) is -15.5. The third kappa shape index (κ3) is 4.32. The number of ketones is 4. The summed E-state index contributed by atoms with van der Waals surface area (Å²) in [4.78, 5) is 80.3. The number of primary amides is 1. The summed E-state index contributed by atoms with van der Waals surface area (Å²) in [7, 11) is 2.80. The van der Waals surface area contributed by atoms with E-state index in [2.05, 4.69) is 5.32 Å². The number of halogens is 1. The molecule has 2 amide bonds. The molecule has 3 aliphatic rings. The number of hydrogen-bond acceptors (Lipinski definition) is 11. The molecule has 0 aliphatic heterocycles. The Hall–Kier alpha value is -4.53. The topological polar surface area (TPSA) is 214 Å². The van der Waals surface area contributed by atoms with Gasteiger partial charge in [-0.15, -0.1) is 0 Å². The molecule has 0 bridgehead atoms. The van der Waals surface area contributed by atoms with Gasteiger partial charge in [-0.3, -0.25) is 34.2 Å². The van der Waals surface area contributed by atoms with E-state index in [1.54, 1.807) is 6.92 Å². The summed E-state index contributed by atoms with van der Waals surface area (Å²) in [5.41, 5.74) is 1.69. The van der Waals surface area contributed by atoms with Crippen molar-refractivity contribution in [3.63, 3.8) is 0 Å². The first kappa shape index (κ1) is 29.9. The van der Waals surface area contributed by atoms with Gasteiger partial charge in [0, 0.05) is 5.92 Å². The van der Waals surface area contributed by atoms with E-state index in [-0.39, 0.29) is 17.0 Å². The molecule has 43 heavy (non-hydrogen) atoms. The maximum absolute atomic E-state index is 14.0. The van der Waals surface area contributed by atoms with Crippen molar-refractivity contribution >= 4 is 40.8 Å². The maximum atomic E-state index is 14.0. The Labute approximate surface area is 243 Å². The van der Waals surface area contributed by atoms with Crippen LogP contribution in [-0.2, 0) is 19.2 Å². The molecule has 3 aliphatic carbocycles. The van der Waals surface area contributed by atoms with E-state index in [4.69, 9.17) is 10.5 Å². The number of nitrogens with one attached hydrogen (secondary N) is 1. The van der Waals surface area contributed by atoms with Crippen molar-refractivity contribution in [2.45, 2.75) is 30.6 Å². The number of rotatable bonds is 4. The molecule has 2 aromatic rings. The van der Waals surface area contributed by atoms with Gasteiger partial charge in [-0.25, -0.2) is 9.18 Å². The number of aromatic hydroxyl groups is 1. The molecule has 0 aromatic heterocycles. The molecule has 2 fully saturated rings. The highest BCUT2D eigenvalue weighted by molar-refractivity contribution is 6.32. The fraction of sp³-hybridized carbons (Fsp3) is 0.379. The molecule has 14 heteroatoms. The van der Waals surface area contributed by atoms with Gasteiger partial charge in [0.15, 0.2) is 34.7 Å². The number of phenols is 1. The third-order valence-electron chi connectivity index (χ3n) is 8.75. The molecule has 0 heterocycles. The lowest BCUT2D eigenvalue weighted by Gasteiger charge is -2.56. The Balaban J connectivity index is 1.55. The quantitative estimate of drug-likeness (QED) is 0.236. The number of phenolic OH excluding ortho intramolecular Hbond substituents is 1. The van der Waals surface area contributed by atoms with Crippen LogP contribution < -0.4 is 15.8 Å². The number of fused-ring (bicyclic) bond motifs is 3. The Morgan fingerprint density at radius 1 is 1.05 bits per heavy atom. The second-order valence-electron chi connectivity index (χ2n) is 11.3. The Bertz CT molecular complexity index is 1590. The standard InChI is InChI=1S/C29H28FN3O10/c1-10-13-8-9-14(32-28(41)43-12-6-4-11(30)5-7-12)21(34)16(13)22(35)17-15(10)23(36)19-20(33(2)3)24(37)18(27(31)40)26(39)29(19,42)25(17)38/h4-10,15,17-20,23,34,36,42H,1-3H3,(H2,31,40)(H,32,41)/t10-,15+,17?,18?,19+,20-,23-,29-/m1/s1. The lowest BCUT2D eigenvalue weighted by atomic mass is 9.49. The molecule has 226 valence electrons. The summed E-state index contributed by atoms with van der Waals surface area (Å²) in [6, 6.07) is 5.68. The zero-order chi connectivity index (χ0) is 31.7. The Morgan fingerprint density at radius 3 is 2.26 bits per heavy atom. The number of amides is 2. The predicted octanol–water partition coefficient (Wildman–Crippen LogP) is 0.149. The second kappa shape index (κ2) is 10.3. The molecule has 2 unspecified atom stereocenters. The fourth-order valence-corrected chi connectivity index (χ4v) is 6.84. The van der Waals surface area contributed by atoms with E-state index >= 15 is 0 Å². The highest BCUT2D eigenvalue weighted by Gasteiger charge is 2.72. The van der Waals surface area contributed by atoms with Crippen molar-refractivity contribution in [3.8, 4) is 11.5 Å². The fourth-order valence-electron chi connectivity index (χ4n) is 6.84. The molecular weight excluding hydrogens is 569 g/mol. The number of Topliss-reactive ketones (excluding diaryl/α,β-unsaturated/α-hetero) is 4. The second-order valence-corrected chi connectivity index (χ2v) is 11.3. The largest absolute Gasteiger partial charge is 0.505 e. The van der Waals surface area contributed by atoms with Crippen molar-refractivity contribution in [2.24, 2.45) is 29.4 Å². The minimum atomic E-state index is -3.12. The molecule has 0 radical (unpaired) electrons. The van der Waals surface area contributed by atoms with Crippen LogP contribution in [0.3, 0.4) is 0 Å². The van der Waals surface area contributed by atoms with Crippen molar-refractivity contribution < 1.29 is 53.2 Å². The van der Waals surface area contributed by atoms with E-state index < -0.39 is 99.6 Å². The van der Waals surface area contributed by atoms with Crippen molar-refractivity contribution in [2.75, 3.05) is 19.4 Å². The minimum absolute atomic E-state index is 0.0191. The van der Waals surface area contributed by atoms with Crippen LogP contribution in [-0.4, -0.2) is 87.2 Å². The van der Waals surface area contributed by atoms with Gasteiger partial charge in [-0.1, -0.05) is 13.0 Å². The number of ether oxygens (including phenoxy) is 1. The van der Waals surface area contributed by atoms with Crippen molar-refractivity contribution in [1.82, 2.24) is 4.90 Å². The number of nitrogens with zero attached hydrogens (tertiary/aromatic N) is 1. The van der Waals surface area contributed by atoms with Crippen LogP contribution in [0, 0.1) is 29.5 Å². The maximum Gasteiger partial charge on any atom is 0.417 e. The molecular formula is C29H28FN3O10. The molecule has 13 nitrogen and oxygen atoms in total. The number of aliphatic hydroxyl groups excluding tert-OH is 1. The first-order chi connectivity index (χ1) is 20.1. The average molecular weight is 598 g/mol.